The van der Waals surface area contributed by atoms with Crippen LogP contribution in [0.25, 0.3) is 17.4 Å². The molecule has 1 aliphatic rings. The average molecular weight is 517 g/mol. The van der Waals surface area contributed by atoms with Gasteiger partial charge in [-0.1, -0.05) is 27.5 Å². The lowest BCUT2D eigenvalue weighted by molar-refractivity contribution is -0.384. The summed E-state index contributed by atoms with van der Waals surface area (Å²) in [6.07, 6.45) is 1.21. The Bertz CT molecular complexity index is 1320. The fourth-order valence-electron chi connectivity index (χ4n) is 3.02. The third-order valence-electron chi connectivity index (χ3n) is 4.53. The number of furan rings is 1. The first-order valence-electron chi connectivity index (χ1n) is 8.96. The molecule has 2 heterocycles. The van der Waals surface area contributed by atoms with Gasteiger partial charge in [0.15, 0.2) is 0 Å². The van der Waals surface area contributed by atoms with E-state index >= 15 is 0 Å². The number of imide groups is 2. The Morgan fingerprint density at radius 3 is 2.44 bits per heavy atom. The Morgan fingerprint density at radius 1 is 1.06 bits per heavy atom. The van der Waals surface area contributed by atoms with Crippen LogP contribution in [0.5, 0.6) is 0 Å². The van der Waals surface area contributed by atoms with Crippen molar-refractivity contribution in [1.29, 1.82) is 0 Å². The van der Waals surface area contributed by atoms with Gasteiger partial charge in [-0.25, -0.2) is 9.69 Å². The molecule has 0 saturated carbocycles. The van der Waals surface area contributed by atoms with Gasteiger partial charge >= 0.3 is 6.03 Å². The molecule has 1 fully saturated rings. The number of anilines is 1. The topological polar surface area (TPSA) is 123 Å². The number of nitrogens with zero attached hydrogens (tertiary/aromatic N) is 2. The van der Waals surface area contributed by atoms with Crippen molar-refractivity contribution in [3.63, 3.8) is 0 Å². The number of carbonyl (C=O) groups is 3. The zero-order valence-electron chi connectivity index (χ0n) is 15.9. The first-order chi connectivity index (χ1) is 15.2. The van der Waals surface area contributed by atoms with Crippen LogP contribution in [0.2, 0.25) is 5.02 Å². The highest BCUT2D eigenvalue weighted by Crippen LogP contribution is 2.33. The number of rotatable bonds is 4. The van der Waals surface area contributed by atoms with E-state index in [1.807, 2.05) is 0 Å². The van der Waals surface area contributed by atoms with Crippen LogP contribution in [0.3, 0.4) is 0 Å². The quantitative estimate of drug-likeness (QED) is 0.227. The Balaban J connectivity index is 1.66. The van der Waals surface area contributed by atoms with Gasteiger partial charge in [0.25, 0.3) is 17.5 Å². The number of benzene rings is 2. The molecule has 3 aromatic rings. The van der Waals surface area contributed by atoms with E-state index in [1.165, 1.54) is 30.3 Å². The number of non-ortho nitro benzene ring substituents is 1. The van der Waals surface area contributed by atoms with Gasteiger partial charge in [-0.3, -0.25) is 25.0 Å². The smallest absolute Gasteiger partial charge is 0.335 e. The summed E-state index contributed by atoms with van der Waals surface area (Å²) < 4.78 is 6.42. The largest absolute Gasteiger partial charge is 0.457 e. The van der Waals surface area contributed by atoms with Crippen molar-refractivity contribution in [2.24, 2.45) is 0 Å². The molecule has 2 aromatic carbocycles. The van der Waals surface area contributed by atoms with Crippen LogP contribution in [0.4, 0.5) is 16.2 Å². The number of hydrogen-bond donors (Lipinski definition) is 1. The molecule has 4 rings (SSSR count). The van der Waals surface area contributed by atoms with Crippen LogP contribution < -0.4 is 10.2 Å². The van der Waals surface area contributed by atoms with Crippen LogP contribution in [-0.4, -0.2) is 22.8 Å². The second-order valence-corrected chi connectivity index (χ2v) is 7.88. The third kappa shape index (κ3) is 4.05. The number of nitro groups is 1. The Labute approximate surface area is 193 Å². The first kappa shape index (κ1) is 21.5. The number of barbiturate groups is 1. The minimum atomic E-state index is -0.864. The van der Waals surface area contributed by atoms with E-state index in [-0.39, 0.29) is 33.5 Å². The van der Waals surface area contributed by atoms with E-state index in [0.29, 0.717) is 5.56 Å². The maximum absolute atomic E-state index is 12.9. The van der Waals surface area contributed by atoms with Gasteiger partial charge in [-0.15, -0.1) is 0 Å². The molecule has 0 bridgehead atoms. The zero-order valence-corrected chi connectivity index (χ0v) is 18.2. The number of halogens is 2. The van der Waals surface area contributed by atoms with E-state index in [1.54, 1.807) is 30.3 Å². The summed E-state index contributed by atoms with van der Waals surface area (Å²) in [7, 11) is 0. The molecule has 0 atom stereocenters. The summed E-state index contributed by atoms with van der Waals surface area (Å²) in [5, 5.41) is 13.1. The fourth-order valence-corrected chi connectivity index (χ4v) is 3.55. The third-order valence-corrected chi connectivity index (χ3v) is 5.37. The van der Waals surface area contributed by atoms with Crippen LogP contribution in [-0.2, 0) is 9.59 Å². The van der Waals surface area contributed by atoms with Crippen molar-refractivity contribution in [1.82, 2.24) is 5.32 Å². The fraction of sp³-hybridized carbons (Fsp3) is 0. The monoisotopic (exact) mass is 515 g/mol. The second-order valence-electron chi connectivity index (χ2n) is 6.56. The number of amides is 4. The highest BCUT2D eigenvalue weighted by atomic mass is 79.9. The summed E-state index contributed by atoms with van der Waals surface area (Å²) in [4.78, 5) is 48.6. The zero-order chi connectivity index (χ0) is 23.0. The van der Waals surface area contributed by atoms with E-state index in [0.717, 1.165) is 9.37 Å². The normalized spacial score (nSPS) is 15.2. The summed E-state index contributed by atoms with van der Waals surface area (Å²) >= 11 is 9.40. The van der Waals surface area contributed by atoms with Gasteiger partial charge in [0.1, 0.15) is 17.1 Å². The lowest BCUT2D eigenvalue weighted by Gasteiger charge is -2.26. The highest BCUT2D eigenvalue weighted by molar-refractivity contribution is 9.10. The number of urea groups is 1. The van der Waals surface area contributed by atoms with Crippen LogP contribution in [0, 0.1) is 10.1 Å². The van der Waals surface area contributed by atoms with Crippen molar-refractivity contribution in [3.05, 3.63) is 85.5 Å². The van der Waals surface area contributed by atoms with Gasteiger partial charge in [-0.05, 0) is 48.5 Å². The second kappa shape index (κ2) is 8.40. The van der Waals surface area contributed by atoms with Crippen LogP contribution >= 0.6 is 27.5 Å². The standard InChI is InChI=1S/C21H11BrClN3O6/c22-11-1-3-12(4-2-11)25-20(28)16(19(27)24-21(25)29)10-14-6-8-18(32-14)15-7-5-13(26(30)31)9-17(15)23/h1-10H,(H,24,27,29)/b16-10+. The summed E-state index contributed by atoms with van der Waals surface area (Å²) in [5.74, 6) is -1.24. The molecule has 1 saturated heterocycles. The minimum Gasteiger partial charge on any atom is -0.457 e. The Kier molecular flexibility index (Phi) is 5.64. The Hall–Kier alpha value is -3.76. The predicted molar refractivity (Wildman–Crippen MR) is 119 cm³/mol. The SMILES string of the molecule is O=C1NC(=O)N(c2ccc(Br)cc2)C(=O)/C1=C/c1ccc(-c2ccc([N+](=O)[O-])cc2Cl)o1. The number of nitro benzene ring substituents is 1. The van der Waals surface area contributed by atoms with Crippen LogP contribution in [0.1, 0.15) is 5.76 Å². The molecule has 0 spiro atoms. The van der Waals surface area contributed by atoms with Crippen molar-refractivity contribution in [2.45, 2.75) is 0 Å². The lowest BCUT2D eigenvalue weighted by atomic mass is 10.1. The molecule has 0 aliphatic carbocycles. The molecule has 4 amide bonds. The molecule has 0 radical (unpaired) electrons. The van der Waals surface area contributed by atoms with Crippen molar-refractivity contribution < 1.29 is 23.7 Å². The molecule has 1 aliphatic heterocycles. The highest BCUT2D eigenvalue weighted by Gasteiger charge is 2.37. The minimum absolute atomic E-state index is 0.103. The van der Waals surface area contributed by atoms with Gasteiger partial charge < -0.3 is 4.42 Å². The molecule has 1 N–H and O–H groups in total. The van der Waals surface area contributed by atoms with Gasteiger partial charge in [0, 0.05) is 22.2 Å². The molecular weight excluding hydrogens is 506 g/mol. The number of hydrogen-bond acceptors (Lipinski definition) is 6. The van der Waals surface area contributed by atoms with E-state index in [4.69, 9.17) is 16.0 Å². The van der Waals surface area contributed by atoms with Crippen molar-refractivity contribution in [2.75, 3.05) is 4.90 Å². The molecule has 1 aromatic heterocycles. The molecule has 160 valence electrons. The Morgan fingerprint density at radius 2 is 1.78 bits per heavy atom. The number of nitrogens with one attached hydrogen (secondary N) is 1. The molecule has 0 unspecified atom stereocenters. The van der Waals surface area contributed by atoms with Gasteiger partial charge in [-0.2, -0.15) is 0 Å². The predicted octanol–water partition coefficient (Wildman–Crippen LogP) is 4.94. The molecule has 9 nitrogen and oxygen atoms in total. The summed E-state index contributed by atoms with van der Waals surface area (Å²) in [6.45, 7) is 0. The van der Waals surface area contributed by atoms with E-state index in [9.17, 15) is 24.5 Å². The van der Waals surface area contributed by atoms with Crippen LogP contribution in [0.15, 0.2) is 69.1 Å². The summed E-state index contributed by atoms with van der Waals surface area (Å²) in [5.41, 5.74) is 0.206. The van der Waals surface area contributed by atoms with Gasteiger partial charge in [0.2, 0.25) is 0 Å². The van der Waals surface area contributed by atoms with Crippen molar-refractivity contribution in [3.8, 4) is 11.3 Å². The van der Waals surface area contributed by atoms with E-state index in [2.05, 4.69) is 21.2 Å². The molecular formula is C21H11BrClN3O6. The van der Waals surface area contributed by atoms with E-state index < -0.39 is 22.8 Å². The first-order valence-corrected chi connectivity index (χ1v) is 10.1. The molecule has 11 heteroatoms. The average Bonchev–Trinajstić information content (AvgIpc) is 3.20. The van der Waals surface area contributed by atoms with Gasteiger partial charge in [0.05, 0.1) is 15.6 Å². The summed E-state index contributed by atoms with van der Waals surface area (Å²) in [6, 6.07) is 12.5. The maximum atomic E-state index is 12.9. The molecule has 32 heavy (non-hydrogen) atoms. The van der Waals surface area contributed by atoms with Crippen molar-refractivity contribution >= 4 is 62.8 Å². The lowest BCUT2D eigenvalue weighted by Crippen LogP contribution is -2.54. The number of carbonyl (C=O) groups excluding carboxylic acids is 3. The maximum Gasteiger partial charge on any atom is 0.335 e.